The van der Waals surface area contributed by atoms with Crippen molar-refractivity contribution in [3.8, 4) is 0 Å². The summed E-state index contributed by atoms with van der Waals surface area (Å²) < 4.78 is 0. The normalized spacial score (nSPS) is 36.8. The topological polar surface area (TPSA) is 26.0 Å². The van der Waals surface area contributed by atoms with Gasteiger partial charge in [-0.15, -0.1) is 0 Å². The maximum Gasteiger partial charge on any atom is 0.00414 e. The number of hydrogen-bond acceptors (Lipinski definition) is 1. The fraction of sp³-hybridized carbons (Fsp3) is 1.00. The van der Waals surface area contributed by atoms with Crippen molar-refractivity contribution in [2.24, 2.45) is 11.7 Å². The van der Waals surface area contributed by atoms with Gasteiger partial charge in [0.15, 0.2) is 0 Å². The minimum Gasteiger partial charge on any atom is -0.328 e. The van der Waals surface area contributed by atoms with Gasteiger partial charge in [0.2, 0.25) is 0 Å². The van der Waals surface area contributed by atoms with Crippen LogP contribution < -0.4 is 5.73 Å². The molecule has 2 atom stereocenters. The molecule has 0 saturated heterocycles. The van der Waals surface area contributed by atoms with Crippen molar-refractivity contribution in [3.05, 3.63) is 0 Å². The molecule has 0 aromatic rings. The molecule has 1 heteroatoms. The van der Waals surface area contributed by atoms with E-state index >= 15 is 0 Å². The van der Waals surface area contributed by atoms with Crippen molar-refractivity contribution in [2.75, 3.05) is 0 Å². The first-order valence-corrected chi connectivity index (χ1v) is 3.04. The first-order chi connectivity index (χ1) is 3.29. The molecule has 0 radical (unpaired) electrons. The van der Waals surface area contributed by atoms with E-state index in [4.69, 9.17) is 5.73 Å². The van der Waals surface area contributed by atoms with E-state index in [1.165, 1.54) is 19.3 Å². The first kappa shape index (κ1) is 7.96. The van der Waals surface area contributed by atoms with Crippen molar-refractivity contribution >= 4 is 0 Å². The Bertz CT molecular complexity index is 53.4. The molecule has 0 amide bonds. The van der Waals surface area contributed by atoms with Crippen molar-refractivity contribution in [1.29, 1.82) is 0 Å². The molecule has 0 aromatic heterocycles. The van der Waals surface area contributed by atoms with Crippen LogP contribution in [-0.4, -0.2) is 6.04 Å². The summed E-state index contributed by atoms with van der Waals surface area (Å²) in [5.74, 6) is 0.898. The predicted octanol–water partition coefficient (Wildman–Crippen LogP) is 1.77. The quantitative estimate of drug-likeness (QED) is 0.511. The highest BCUT2D eigenvalue weighted by Gasteiger charge is 2.16. The molecule has 0 aliphatic heterocycles. The SMILES string of the molecule is C.CC1CCC(N)C1. The molecule has 1 saturated carbocycles. The lowest BCUT2D eigenvalue weighted by molar-refractivity contribution is 0.594. The first-order valence-electron chi connectivity index (χ1n) is 3.04. The zero-order valence-electron chi connectivity index (χ0n) is 4.85. The van der Waals surface area contributed by atoms with Gasteiger partial charge >= 0.3 is 0 Å². The van der Waals surface area contributed by atoms with Crippen LogP contribution in [0.3, 0.4) is 0 Å². The lowest BCUT2D eigenvalue weighted by Gasteiger charge is -1.97. The summed E-state index contributed by atoms with van der Waals surface area (Å²) in [5.41, 5.74) is 5.63. The summed E-state index contributed by atoms with van der Waals surface area (Å²) in [6.07, 6.45) is 3.85. The predicted molar refractivity (Wildman–Crippen MR) is 37.7 cm³/mol. The molecular weight excluding hydrogens is 98.1 g/mol. The molecule has 50 valence electrons. The average molecular weight is 115 g/mol. The lowest BCUT2D eigenvalue weighted by Crippen LogP contribution is -2.14. The van der Waals surface area contributed by atoms with Crippen molar-refractivity contribution in [1.82, 2.24) is 0 Å². The van der Waals surface area contributed by atoms with Crippen LogP contribution in [-0.2, 0) is 0 Å². The minimum absolute atomic E-state index is 0. The molecule has 1 fully saturated rings. The number of rotatable bonds is 0. The molecular formula is C7H17N. The summed E-state index contributed by atoms with van der Waals surface area (Å²) in [6.45, 7) is 2.27. The summed E-state index contributed by atoms with van der Waals surface area (Å²) in [7, 11) is 0. The number of nitrogens with two attached hydrogens (primary N) is 1. The Labute approximate surface area is 52.3 Å². The Morgan fingerprint density at radius 1 is 1.38 bits per heavy atom. The molecule has 0 aromatic carbocycles. The second-order valence-electron chi connectivity index (χ2n) is 2.68. The Morgan fingerprint density at radius 2 is 2.00 bits per heavy atom. The van der Waals surface area contributed by atoms with Gasteiger partial charge in [0.1, 0.15) is 0 Å². The molecule has 2 N–H and O–H groups in total. The third-order valence-electron chi connectivity index (χ3n) is 1.74. The second-order valence-corrected chi connectivity index (χ2v) is 2.68. The van der Waals surface area contributed by atoms with Gasteiger partial charge in [0.05, 0.1) is 0 Å². The van der Waals surface area contributed by atoms with E-state index in [-0.39, 0.29) is 7.43 Å². The highest BCUT2D eigenvalue weighted by Crippen LogP contribution is 2.22. The van der Waals surface area contributed by atoms with Gasteiger partial charge in [-0.3, -0.25) is 0 Å². The Balaban J connectivity index is 0.000000490. The minimum atomic E-state index is 0. The van der Waals surface area contributed by atoms with Crippen LogP contribution >= 0.6 is 0 Å². The molecule has 2 unspecified atom stereocenters. The van der Waals surface area contributed by atoms with Crippen LogP contribution in [0.5, 0.6) is 0 Å². The van der Waals surface area contributed by atoms with E-state index in [0.717, 1.165) is 5.92 Å². The van der Waals surface area contributed by atoms with E-state index in [2.05, 4.69) is 6.92 Å². The van der Waals surface area contributed by atoms with Gasteiger partial charge in [-0.2, -0.15) is 0 Å². The summed E-state index contributed by atoms with van der Waals surface area (Å²) in [6, 6.07) is 0.523. The molecule has 1 rings (SSSR count). The van der Waals surface area contributed by atoms with Gasteiger partial charge in [0, 0.05) is 6.04 Å². The third-order valence-corrected chi connectivity index (χ3v) is 1.74. The zero-order valence-corrected chi connectivity index (χ0v) is 4.85. The highest BCUT2D eigenvalue weighted by molar-refractivity contribution is 4.73. The fourth-order valence-corrected chi connectivity index (χ4v) is 1.25. The van der Waals surface area contributed by atoms with Crippen molar-refractivity contribution in [2.45, 2.75) is 39.7 Å². The Morgan fingerprint density at radius 3 is 2.12 bits per heavy atom. The van der Waals surface area contributed by atoms with E-state index < -0.39 is 0 Å². The van der Waals surface area contributed by atoms with Crippen molar-refractivity contribution < 1.29 is 0 Å². The summed E-state index contributed by atoms with van der Waals surface area (Å²) in [4.78, 5) is 0. The van der Waals surface area contributed by atoms with Crippen molar-refractivity contribution in [3.63, 3.8) is 0 Å². The van der Waals surface area contributed by atoms with Crippen LogP contribution in [0, 0.1) is 5.92 Å². The Kier molecular flexibility index (Phi) is 3.06. The van der Waals surface area contributed by atoms with Gasteiger partial charge in [-0.25, -0.2) is 0 Å². The van der Waals surface area contributed by atoms with Gasteiger partial charge < -0.3 is 5.73 Å². The molecule has 0 bridgehead atoms. The standard InChI is InChI=1S/C6H13N.CH4/c1-5-2-3-6(7)4-5;/h5-6H,2-4,7H2,1H3;1H4. The van der Waals surface area contributed by atoms with E-state index in [1.807, 2.05) is 0 Å². The van der Waals surface area contributed by atoms with E-state index in [0.29, 0.717) is 6.04 Å². The monoisotopic (exact) mass is 115 g/mol. The van der Waals surface area contributed by atoms with Crippen LogP contribution in [0.4, 0.5) is 0 Å². The maximum absolute atomic E-state index is 5.63. The highest BCUT2D eigenvalue weighted by atomic mass is 14.6. The third kappa shape index (κ3) is 1.83. The maximum atomic E-state index is 5.63. The molecule has 0 heterocycles. The molecule has 8 heavy (non-hydrogen) atoms. The molecule has 0 spiro atoms. The summed E-state index contributed by atoms with van der Waals surface area (Å²) in [5, 5.41) is 0. The Hall–Kier alpha value is -0.0400. The lowest BCUT2D eigenvalue weighted by atomic mass is 10.1. The van der Waals surface area contributed by atoms with Gasteiger partial charge in [-0.1, -0.05) is 14.4 Å². The van der Waals surface area contributed by atoms with Gasteiger partial charge in [0.25, 0.3) is 0 Å². The van der Waals surface area contributed by atoms with Crippen LogP contribution in [0.15, 0.2) is 0 Å². The van der Waals surface area contributed by atoms with Crippen LogP contribution in [0.25, 0.3) is 0 Å². The van der Waals surface area contributed by atoms with E-state index in [9.17, 15) is 0 Å². The largest absolute Gasteiger partial charge is 0.328 e. The van der Waals surface area contributed by atoms with Gasteiger partial charge in [-0.05, 0) is 25.2 Å². The summed E-state index contributed by atoms with van der Waals surface area (Å²) >= 11 is 0. The smallest absolute Gasteiger partial charge is 0.00414 e. The zero-order chi connectivity index (χ0) is 5.28. The van der Waals surface area contributed by atoms with Crippen LogP contribution in [0.2, 0.25) is 0 Å². The molecule has 1 aliphatic carbocycles. The molecule has 1 nitrogen and oxygen atoms in total. The average Bonchev–Trinajstić information content (AvgIpc) is 1.87. The second kappa shape index (κ2) is 3.08. The molecule has 1 aliphatic rings. The van der Waals surface area contributed by atoms with E-state index in [1.54, 1.807) is 0 Å². The van der Waals surface area contributed by atoms with Crippen LogP contribution in [0.1, 0.15) is 33.6 Å². The number of hydrogen-bond donors (Lipinski definition) is 1. The fourth-order valence-electron chi connectivity index (χ4n) is 1.25.